The molecule has 5 nitrogen and oxygen atoms in total. The first-order valence-electron chi connectivity index (χ1n) is 7.55. The van der Waals surface area contributed by atoms with Crippen LogP contribution in [0.1, 0.15) is 16.1 Å². The molecule has 0 fully saturated rings. The lowest BCUT2D eigenvalue weighted by molar-refractivity contribution is -0.0498. The second kappa shape index (κ2) is 7.57. The lowest BCUT2D eigenvalue weighted by atomic mass is 10.2. The van der Waals surface area contributed by atoms with E-state index in [1.807, 2.05) is 30.3 Å². The summed E-state index contributed by atoms with van der Waals surface area (Å²) in [5.74, 6) is -0.241. The number of carbonyl (C=O) groups excluding carboxylic acids is 1. The third-order valence-electron chi connectivity index (χ3n) is 3.44. The number of hydrogen-bond acceptors (Lipinski definition) is 3. The van der Waals surface area contributed by atoms with Gasteiger partial charge in [-0.15, -0.1) is 0 Å². The van der Waals surface area contributed by atoms with E-state index in [4.69, 9.17) is 0 Å². The van der Waals surface area contributed by atoms with E-state index in [-0.39, 0.29) is 18.2 Å². The third kappa shape index (κ3) is 4.41. The van der Waals surface area contributed by atoms with Crippen molar-refractivity contribution in [1.29, 1.82) is 0 Å². The van der Waals surface area contributed by atoms with Crippen molar-refractivity contribution in [2.24, 2.45) is 0 Å². The van der Waals surface area contributed by atoms with Gasteiger partial charge in [-0.2, -0.15) is 13.9 Å². The summed E-state index contributed by atoms with van der Waals surface area (Å²) in [7, 11) is 0. The van der Waals surface area contributed by atoms with Crippen molar-refractivity contribution < 1.29 is 18.3 Å². The van der Waals surface area contributed by atoms with E-state index in [1.165, 1.54) is 12.1 Å². The summed E-state index contributed by atoms with van der Waals surface area (Å²) in [5.41, 5.74) is 1.91. The second-order valence-electron chi connectivity index (χ2n) is 5.19. The maximum Gasteiger partial charge on any atom is 0.387 e. The summed E-state index contributed by atoms with van der Waals surface area (Å²) in [5, 5.41) is 6.98. The molecule has 1 aromatic heterocycles. The monoisotopic (exact) mass is 343 g/mol. The normalized spacial score (nSPS) is 10.7. The van der Waals surface area contributed by atoms with Crippen molar-refractivity contribution in [2.75, 3.05) is 0 Å². The fourth-order valence-corrected chi connectivity index (χ4v) is 2.23. The van der Waals surface area contributed by atoms with E-state index < -0.39 is 6.61 Å². The number of alkyl halides is 2. The number of nitrogens with one attached hydrogen (secondary N) is 1. The summed E-state index contributed by atoms with van der Waals surface area (Å²) in [6.45, 7) is -2.60. The average Bonchev–Trinajstić information content (AvgIpc) is 3.11. The molecule has 0 bridgehead atoms. The van der Waals surface area contributed by atoms with Crippen molar-refractivity contribution in [3.8, 4) is 11.4 Å². The molecule has 7 heteroatoms. The SMILES string of the molecule is O=C(NCc1ccc(OC(F)F)cc1)c1ccn(-c2ccccc2)n1. The molecule has 0 saturated heterocycles. The number of rotatable bonds is 6. The first-order chi connectivity index (χ1) is 12.1. The van der Waals surface area contributed by atoms with Crippen LogP contribution in [-0.2, 0) is 6.54 Å². The molecule has 1 heterocycles. The molecule has 0 saturated carbocycles. The number of hydrogen-bond donors (Lipinski definition) is 1. The number of para-hydroxylation sites is 1. The highest BCUT2D eigenvalue weighted by molar-refractivity contribution is 5.92. The van der Waals surface area contributed by atoms with Gasteiger partial charge >= 0.3 is 6.61 Å². The number of nitrogens with zero attached hydrogens (tertiary/aromatic N) is 2. The zero-order chi connectivity index (χ0) is 17.6. The molecule has 25 heavy (non-hydrogen) atoms. The van der Waals surface area contributed by atoms with Gasteiger partial charge in [-0.25, -0.2) is 4.68 Å². The Kier molecular flexibility index (Phi) is 5.03. The van der Waals surface area contributed by atoms with Crippen molar-refractivity contribution >= 4 is 5.91 Å². The van der Waals surface area contributed by atoms with Crippen molar-refractivity contribution in [1.82, 2.24) is 15.1 Å². The van der Waals surface area contributed by atoms with Crippen LogP contribution in [0.25, 0.3) is 5.69 Å². The van der Waals surface area contributed by atoms with E-state index in [9.17, 15) is 13.6 Å². The van der Waals surface area contributed by atoms with Crippen LogP contribution in [0.15, 0.2) is 66.9 Å². The molecule has 0 radical (unpaired) electrons. The summed E-state index contributed by atoms with van der Waals surface area (Å²) >= 11 is 0. The summed E-state index contributed by atoms with van der Waals surface area (Å²) in [6, 6.07) is 17.2. The van der Waals surface area contributed by atoms with Crippen molar-refractivity contribution in [3.63, 3.8) is 0 Å². The Balaban J connectivity index is 1.59. The molecule has 0 atom stereocenters. The zero-order valence-electron chi connectivity index (χ0n) is 13.1. The van der Waals surface area contributed by atoms with E-state index in [0.29, 0.717) is 5.69 Å². The molecule has 0 aliphatic carbocycles. The van der Waals surface area contributed by atoms with Crippen molar-refractivity contribution in [3.05, 3.63) is 78.1 Å². The number of aromatic nitrogens is 2. The lowest BCUT2D eigenvalue weighted by Gasteiger charge is -2.06. The molecule has 0 unspecified atom stereocenters. The van der Waals surface area contributed by atoms with E-state index >= 15 is 0 Å². The standard InChI is InChI=1S/C18H15F2N3O2/c19-18(20)25-15-8-6-13(7-9-15)12-21-17(24)16-10-11-23(22-16)14-4-2-1-3-5-14/h1-11,18H,12H2,(H,21,24). The Bertz CT molecular complexity index is 833. The molecule has 0 spiro atoms. The Morgan fingerprint density at radius 2 is 1.80 bits per heavy atom. The molecule has 3 aromatic rings. The molecule has 3 rings (SSSR count). The van der Waals surface area contributed by atoms with Crippen LogP contribution in [-0.4, -0.2) is 22.3 Å². The Morgan fingerprint density at radius 3 is 2.48 bits per heavy atom. The lowest BCUT2D eigenvalue weighted by Crippen LogP contribution is -2.23. The van der Waals surface area contributed by atoms with E-state index in [2.05, 4.69) is 15.2 Å². The van der Waals surface area contributed by atoms with Crippen LogP contribution in [0, 0.1) is 0 Å². The molecule has 0 aliphatic rings. The Hall–Kier alpha value is -3.22. The van der Waals surface area contributed by atoms with Crippen LogP contribution in [0.4, 0.5) is 8.78 Å². The number of amides is 1. The largest absolute Gasteiger partial charge is 0.435 e. The van der Waals surface area contributed by atoms with Gasteiger partial charge in [0, 0.05) is 12.7 Å². The number of ether oxygens (including phenoxy) is 1. The molecular formula is C18H15F2N3O2. The van der Waals surface area contributed by atoms with Gasteiger partial charge in [0.1, 0.15) is 5.75 Å². The van der Waals surface area contributed by atoms with Gasteiger partial charge in [0.25, 0.3) is 5.91 Å². The highest BCUT2D eigenvalue weighted by atomic mass is 19.3. The highest BCUT2D eigenvalue weighted by Crippen LogP contribution is 2.15. The number of halogens is 2. The topological polar surface area (TPSA) is 56.1 Å². The maximum absolute atomic E-state index is 12.2. The van der Waals surface area contributed by atoms with Crippen LogP contribution in [0.2, 0.25) is 0 Å². The van der Waals surface area contributed by atoms with Gasteiger partial charge in [0.2, 0.25) is 0 Å². The predicted octanol–water partition coefficient (Wildman–Crippen LogP) is 3.40. The first kappa shape index (κ1) is 16.6. The summed E-state index contributed by atoms with van der Waals surface area (Å²) in [4.78, 5) is 12.2. The van der Waals surface area contributed by atoms with Gasteiger partial charge in [0.15, 0.2) is 5.69 Å². The predicted molar refractivity (Wildman–Crippen MR) is 87.8 cm³/mol. The molecule has 2 aromatic carbocycles. The number of carbonyl (C=O) groups is 1. The number of benzene rings is 2. The quantitative estimate of drug-likeness (QED) is 0.746. The molecule has 0 aliphatic heterocycles. The van der Waals surface area contributed by atoms with Crippen molar-refractivity contribution in [2.45, 2.75) is 13.2 Å². The summed E-state index contributed by atoms with van der Waals surface area (Å²) in [6.07, 6.45) is 1.71. The zero-order valence-corrected chi connectivity index (χ0v) is 13.1. The Labute approximate surface area is 142 Å². The minimum Gasteiger partial charge on any atom is -0.435 e. The van der Waals surface area contributed by atoms with Gasteiger partial charge in [0.05, 0.1) is 5.69 Å². The van der Waals surface area contributed by atoms with Gasteiger partial charge in [-0.05, 0) is 35.9 Å². The average molecular weight is 343 g/mol. The highest BCUT2D eigenvalue weighted by Gasteiger charge is 2.10. The fraction of sp³-hybridized carbons (Fsp3) is 0.111. The fourth-order valence-electron chi connectivity index (χ4n) is 2.23. The molecule has 1 N–H and O–H groups in total. The first-order valence-corrected chi connectivity index (χ1v) is 7.55. The van der Waals surface area contributed by atoms with Gasteiger partial charge < -0.3 is 10.1 Å². The van der Waals surface area contributed by atoms with Crippen LogP contribution in [0.3, 0.4) is 0 Å². The smallest absolute Gasteiger partial charge is 0.387 e. The maximum atomic E-state index is 12.2. The van der Waals surface area contributed by atoms with Gasteiger partial charge in [-0.3, -0.25) is 4.79 Å². The van der Waals surface area contributed by atoms with Crippen LogP contribution < -0.4 is 10.1 Å². The van der Waals surface area contributed by atoms with Gasteiger partial charge in [-0.1, -0.05) is 30.3 Å². The van der Waals surface area contributed by atoms with Crippen LogP contribution in [0.5, 0.6) is 5.75 Å². The molecule has 1 amide bonds. The Morgan fingerprint density at radius 1 is 1.08 bits per heavy atom. The molecule has 128 valence electrons. The minimum absolute atomic E-state index is 0.0756. The van der Waals surface area contributed by atoms with E-state index in [1.54, 1.807) is 29.1 Å². The third-order valence-corrected chi connectivity index (χ3v) is 3.44. The molecular weight excluding hydrogens is 328 g/mol. The minimum atomic E-state index is -2.86. The van der Waals surface area contributed by atoms with Crippen LogP contribution >= 0.6 is 0 Å². The van der Waals surface area contributed by atoms with E-state index in [0.717, 1.165) is 11.3 Å². The summed E-state index contributed by atoms with van der Waals surface area (Å²) < 4.78 is 30.1. The second-order valence-corrected chi connectivity index (χ2v) is 5.19.